The number of hydrogen-bond acceptors (Lipinski definition) is 4. The summed E-state index contributed by atoms with van der Waals surface area (Å²) >= 11 is 0. The molecule has 1 aliphatic heterocycles. The van der Waals surface area contributed by atoms with Crippen molar-refractivity contribution in [3.05, 3.63) is 188 Å². The van der Waals surface area contributed by atoms with Gasteiger partial charge in [0, 0.05) is 32.8 Å². The third-order valence-corrected chi connectivity index (χ3v) is 12.0. The summed E-state index contributed by atoms with van der Waals surface area (Å²) in [6, 6.07) is 66.6. The van der Waals surface area contributed by atoms with E-state index >= 15 is 0 Å². The molecule has 12 aromatic rings. The average molecular weight is 742 g/mol. The molecule has 0 bridgehead atoms. The molecular weight excluding hydrogens is 711 g/mol. The fourth-order valence-corrected chi connectivity index (χ4v) is 9.37. The number of anilines is 3. The molecule has 13 rings (SSSR count). The summed E-state index contributed by atoms with van der Waals surface area (Å²) in [6.07, 6.45) is 0. The number of nitrogens with zero attached hydrogens (tertiary/aromatic N) is 1. The van der Waals surface area contributed by atoms with E-state index in [1.165, 1.54) is 32.3 Å². The third-order valence-electron chi connectivity index (χ3n) is 12.0. The first-order chi connectivity index (χ1) is 28.7. The van der Waals surface area contributed by atoms with Crippen molar-refractivity contribution in [2.24, 2.45) is 0 Å². The minimum absolute atomic E-state index is 0.809. The van der Waals surface area contributed by atoms with Gasteiger partial charge in [-0.05, 0) is 122 Å². The first kappa shape index (κ1) is 31.4. The summed E-state index contributed by atoms with van der Waals surface area (Å²) in [7, 11) is 0. The molecule has 1 aliphatic rings. The number of benzene rings is 10. The van der Waals surface area contributed by atoms with Crippen LogP contribution < -0.4 is 9.64 Å². The number of hydrogen-bond donors (Lipinski definition) is 0. The molecule has 4 heteroatoms. The van der Waals surface area contributed by atoms with Crippen molar-refractivity contribution in [3.8, 4) is 33.8 Å². The number of fused-ring (bicyclic) bond motifs is 14. The molecule has 0 saturated carbocycles. The van der Waals surface area contributed by atoms with Crippen molar-refractivity contribution in [3.63, 3.8) is 0 Å². The predicted octanol–water partition coefficient (Wildman–Crippen LogP) is 15.9. The fourth-order valence-electron chi connectivity index (χ4n) is 9.37. The highest BCUT2D eigenvalue weighted by Crippen LogP contribution is 2.52. The minimum atomic E-state index is 0.809. The molecule has 0 fully saturated rings. The van der Waals surface area contributed by atoms with E-state index in [2.05, 4.69) is 157 Å². The van der Waals surface area contributed by atoms with Gasteiger partial charge in [0.2, 0.25) is 0 Å². The highest BCUT2D eigenvalue weighted by atomic mass is 16.5. The molecule has 2 aromatic heterocycles. The molecule has 0 saturated heterocycles. The van der Waals surface area contributed by atoms with E-state index < -0.39 is 0 Å². The van der Waals surface area contributed by atoms with E-state index in [4.69, 9.17) is 13.6 Å². The van der Waals surface area contributed by atoms with E-state index in [9.17, 15) is 0 Å². The Morgan fingerprint density at radius 1 is 0.310 bits per heavy atom. The molecule has 0 spiro atoms. The van der Waals surface area contributed by atoms with Crippen molar-refractivity contribution >= 4 is 93.3 Å². The van der Waals surface area contributed by atoms with Crippen molar-refractivity contribution in [1.29, 1.82) is 0 Å². The number of para-hydroxylation sites is 6. The van der Waals surface area contributed by atoms with Crippen molar-refractivity contribution in [2.75, 3.05) is 4.90 Å². The van der Waals surface area contributed by atoms with Crippen LogP contribution in [-0.4, -0.2) is 0 Å². The van der Waals surface area contributed by atoms with Gasteiger partial charge in [0.05, 0.1) is 11.4 Å². The van der Waals surface area contributed by atoms with E-state index in [1.807, 2.05) is 36.4 Å². The van der Waals surface area contributed by atoms with Gasteiger partial charge in [0.15, 0.2) is 11.5 Å². The van der Waals surface area contributed by atoms with E-state index in [-0.39, 0.29) is 0 Å². The Labute approximate surface area is 332 Å². The van der Waals surface area contributed by atoms with E-state index in [0.29, 0.717) is 0 Å². The zero-order chi connectivity index (χ0) is 37.9. The van der Waals surface area contributed by atoms with Crippen LogP contribution in [0.15, 0.2) is 197 Å². The highest BCUT2D eigenvalue weighted by molar-refractivity contribution is 6.28. The molecule has 0 amide bonds. The molecule has 0 aliphatic carbocycles. The summed E-state index contributed by atoms with van der Waals surface area (Å²) in [5.41, 5.74) is 10.6. The van der Waals surface area contributed by atoms with E-state index in [1.54, 1.807) is 0 Å². The Balaban J connectivity index is 1.05. The summed E-state index contributed by atoms with van der Waals surface area (Å²) in [5.74, 6) is 1.62. The van der Waals surface area contributed by atoms with Gasteiger partial charge in [0.1, 0.15) is 22.3 Å². The maximum Gasteiger partial charge on any atom is 0.151 e. The largest absolute Gasteiger partial charge is 0.456 e. The lowest BCUT2D eigenvalue weighted by Gasteiger charge is -2.33. The van der Waals surface area contributed by atoms with Crippen LogP contribution in [0, 0.1) is 0 Å². The molecule has 0 radical (unpaired) electrons. The minimum Gasteiger partial charge on any atom is -0.456 e. The summed E-state index contributed by atoms with van der Waals surface area (Å²) in [5, 5.41) is 11.8. The Morgan fingerprint density at radius 2 is 0.879 bits per heavy atom. The normalized spacial score (nSPS) is 12.6. The Morgan fingerprint density at radius 3 is 1.62 bits per heavy atom. The Hall–Kier alpha value is -7.82. The second kappa shape index (κ2) is 11.8. The van der Waals surface area contributed by atoms with Crippen LogP contribution in [0.4, 0.5) is 17.1 Å². The monoisotopic (exact) mass is 741 g/mol. The van der Waals surface area contributed by atoms with Crippen molar-refractivity contribution < 1.29 is 13.6 Å². The Kier molecular flexibility index (Phi) is 6.41. The molecule has 0 unspecified atom stereocenters. The lowest BCUT2D eigenvalue weighted by molar-refractivity contribution is 0.477. The SMILES string of the molecule is c1ccc2c(c1)Oc1ccccc1N2c1cc(-c2ccc3c(c2)oc2cc4c5ccccc5c5ccccc5c4cc23)cc(-c2cccc3c2oc2ccccc23)c1. The van der Waals surface area contributed by atoms with Gasteiger partial charge in [-0.1, -0.05) is 115 Å². The molecule has 3 heterocycles. The van der Waals surface area contributed by atoms with Crippen LogP contribution in [0.1, 0.15) is 0 Å². The van der Waals surface area contributed by atoms with Crippen LogP contribution in [0.25, 0.3) is 98.4 Å². The molecule has 58 heavy (non-hydrogen) atoms. The van der Waals surface area contributed by atoms with Crippen LogP contribution in [0.2, 0.25) is 0 Å². The fraction of sp³-hybridized carbons (Fsp3) is 0. The predicted molar refractivity (Wildman–Crippen MR) is 239 cm³/mol. The van der Waals surface area contributed by atoms with Crippen LogP contribution in [0.5, 0.6) is 11.5 Å². The zero-order valence-electron chi connectivity index (χ0n) is 31.1. The first-order valence-corrected chi connectivity index (χ1v) is 19.7. The summed E-state index contributed by atoms with van der Waals surface area (Å²) < 4.78 is 19.8. The molecule has 270 valence electrons. The quantitative estimate of drug-likeness (QED) is 0.169. The topological polar surface area (TPSA) is 38.8 Å². The highest BCUT2D eigenvalue weighted by Gasteiger charge is 2.27. The summed E-state index contributed by atoms with van der Waals surface area (Å²) in [4.78, 5) is 2.31. The number of ether oxygens (including phenoxy) is 1. The van der Waals surface area contributed by atoms with Gasteiger partial charge in [-0.15, -0.1) is 0 Å². The Bertz CT molecular complexity index is 3640. The molecule has 0 atom stereocenters. The second-order valence-electron chi connectivity index (χ2n) is 15.2. The molecule has 10 aromatic carbocycles. The zero-order valence-corrected chi connectivity index (χ0v) is 31.1. The van der Waals surface area contributed by atoms with Gasteiger partial charge < -0.3 is 18.5 Å². The van der Waals surface area contributed by atoms with Gasteiger partial charge in [-0.25, -0.2) is 0 Å². The van der Waals surface area contributed by atoms with Crippen molar-refractivity contribution in [2.45, 2.75) is 0 Å². The maximum atomic E-state index is 6.79. The lowest BCUT2D eigenvalue weighted by Crippen LogP contribution is -2.15. The van der Waals surface area contributed by atoms with Crippen LogP contribution >= 0.6 is 0 Å². The van der Waals surface area contributed by atoms with E-state index in [0.717, 1.165) is 94.7 Å². The van der Waals surface area contributed by atoms with Crippen LogP contribution in [-0.2, 0) is 0 Å². The maximum absolute atomic E-state index is 6.79. The second-order valence-corrected chi connectivity index (χ2v) is 15.2. The van der Waals surface area contributed by atoms with Gasteiger partial charge in [-0.3, -0.25) is 0 Å². The molecular formula is C54H31NO3. The molecule has 0 N–H and O–H groups in total. The standard InChI is InChI=1S/C54H31NO3/c1-3-14-39-37(12-1)38-13-2-4-15-40(38)45-31-53-46(30-44(39)45)42-25-24-32(29-52(42)57-53)33-26-34(36-17-11-18-43-41-16-5-8-21-49(41)58-54(36)43)28-35(27-33)55-47-19-6-9-22-50(47)56-51-23-10-7-20-48(51)55/h1-31H. The van der Waals surface area contributed by atoms with Gasteiger partial charge >= 0.3 is 0 Å². The molecule has 4 nitrogen and oxygen atoms in total. The van der Waals surface area contributed by atoms with Crippen LogP contribution in [0.3, 0.4) is 0 Å². The number of rotatable bonds is 3. The lowest BCUT2D eigenvalue weighted by atomic mass is 9.93. The van der Waals surface area contributed by atoms with Crippen molar-refractivity contribution in [1.82, 2.24) is 0 Å². The average Bonchev–Trinajstić information content (AvgIpc) is 3.85. The smallest absolute Gasteiger partial charge is 0.151 e. The third kappa shape index (κ3) is 4.51. The van der Waals surface area contributed by atoms with Gasteiger partial charge in [-0.2, -0.15) is 0 Å². The summed E-state index contributed by atoms with van der Waals surface area (Å²) in [6.45, 7) is 0. The first-order valence-electron chi connectivity index (χ1n) is 19.7. The number of furan rings is 2. The van der Waals surface area contributed by atoms with Gasteiger partial charge in [0.25, 0.3) is 0 Å².